The molecule has 5 heteroatoms. The first-order valence-electron chi connectivity index (χ1n) is 7.77. The summed E-state index contributed by atoms with van der Waals surface area (Å²) >= 11 is 0. The van der Waals surface area contributed by atoms with E-state index in [2.05, 4.69) is 5.32 Å². The van der Waals surface area contributed by atoms with Gasteiger partial charge in [-0.1, -0.05) is 25.3 Å². The molecule has 22 heavy (non-hydrogen) atoms. The molecule has 1 N–H and O–H groups in total. The Hall–Kier alpha value is -2.04. The molecule has 2 rings (SSSR count). The minimum Gasteiger partial charge on any atom is -0.497 e. The van der Waals surface area contributed by atoms with Gasteiger partial charge < -0.3 is 14.8 Å². The average Bonchev–Trinajstić information content (AvgIpc) is 2.58. The number of amides is 1. The van der Waals surface area contributed by atoms with E-state index in [1.54, 1.807) is 24.3 Å². The van der Waals surface area contributed by atoms with Crippen LogP contribution in [0.1, 0.15) is 42.5 Å². The van der Waals surface area contributed by atoms with Crippen molar-refractivity contribution in [1.82, 2.24) is 5.32 Å². The number of benzene rings is 1. The summed E-state index contributed by atoms with van der Waals surface area (Å²) in [6.45, 7) is 0.429. The largest absolute Gasteiger partial charge is 0.497 e. The monoisotopic (exact) mass is 305 g/mol. The zero-order valence-electron chi connectivity index (χ0n) is 13.0. The van der Waals surface area contributed by atoms with Gasteiger partial charge in [0.15, 0.2) is 6.61 Å². The molecule has 0 spiro atoms. The fourth-order valence-corrected chi connectivity index (χ4v) is 2.66. The number of ether oxygens (including phenoxy) is 2. The molecule has 0 unspecified atom stereocenters. The molecular formula is C17H23NO4. The van der Waals surface area contributed by atoms with Crippen molar-refractivity contribution >= 4 is 11.9 Å². The summed E-state index contributed by atoms with van der Waals surface area (Å²) in [4.78, 5) is 23.6. The van der Waals surface area contributed by atoms with Crippen LogP contribution in [0, 0.1) is 5.92 Å². The maximum absolute atomic E-state index is 11.9. The molecule has 0 heterocycles. The van der Waals surface area contributed by atoms with E-state index < -0.39 is 5.97 Å². The highest BCUT2D eigenvalue weighted by atomic mass is 16.5. The van der Waals surface area contributed by atoms with Gasteiger partial charge in [-0.2, -0.15) is 0 Å². The lowest BCUT2D eigenvalue weighted by atomic mass is 9.89. The Labute approximate surface area is 131 Å². The lowest BCUT2D eigenvalue weighted by Gasteiger charge is -2.21. The third-order valence-corrected chi connectivity index (χ3v) is 3.95. The summed E-state index contributed by atoms with van der Waals surface area (Å²) in [7, 11) is 1.53. The zero-order valence-corrected chi connectivity index (χ0v) is 13.0. The summed E-state index contributed by atoms with van der Waals surface area (Å²) < 4.78 is 10.1. The van der Waals surface area contributed by atoms with E-state index in [0.717, 1.165) is 0 Å². The van der Waals surface area contributed by atoms with Gasteiger partial charge in [0, 0.05) is 6.54 Å². The van der Waals surface area contributed by atoms with Crippen LogP contribution < -0.4 is 10.1 Å². The van der Waals surface area contributed by atoms with E-state index >= 15 is 0 Å². The van der Waals surface area contributed by atoms with Crippen molar-refractivity contribution in [1.29, 1.82) is 0 Å². The molecule has 0 aliphatic heterocycles. The first kappa shape index (κ1) is 16.3. The van der Waals surface area contributed by atoms with Crippen molar-refractivity contribution in [3.05, 3.63) is 29.8 Å². The molecule has 1 aliphatic rings. The summed E-state index contributed by atoms with van der Waals surface area (Å²) in [6, 6.07) is 6.67. The SMILES string of the molecule is COc1cccc(C(=O)OCC(=O)NCC2CCCCC2)c1. The van der Waals surface area contributed by atoms with Gasteiger partial charge >= 0.3 is 5.97 Å². The first-order valence-corrected chi connectivity index (χ1v) is 7.77. The maximum atomic E-state index is 11.9. The fraction of sp³-hybridized carbons (Fsp3) is 0.529. The number of nitrogens with one attached hydrogen (secondary N) is 1. The molecule has 120 valence electrons. The third-order valence-electron chi connectivity index (χ3n) is 3.95. The number of hydrogen-bond donors (Lipinski definition) is 1. The van der Waals surface area contributed by atoms with Crippen LogP contribution in [0.2, 0.25) is 0 Å². The van der Waals surface area contributed by atoms with Crippen LogP contribution in [0.3, 0.4) is 0 Å². The van der Waals surface area contributed by atoms with Crippen LogP contribution in [0.25, 0.3) is 0 Å². The summed E-state index contributed by atoms with van der Waals surface area (Å²) in [5.41, 5.74) is 0.374. The fourth-order valence-electron chi connectivity index (χ4n) is 2.66. The number of rotatable bonds is 6. The number of carbonyl (C=O) groups excluding carboxylic acids is 2. The molecule has 1 aromatic rings. The Morgan fingerprint density at radius 2 is 2.00 bits per heavy atom. The van der Waals surface area contributed by atoms with Crippen LogP contribution >= 0.6 is 0 Å². The topological polar surface area (TPSA) is 64.6 Å². The molecular weight excluding hydrogens is 282 g/mol. The number of carbonyl (C=O) groups is 2. The number of esters is 1. The van der Waals surface area contributed by atoms with Crippen LogP contribution in [-0.4, -0.2) is 32.1 Å². The Kier molecular flexibility index (Phi) is 6.25. The Morgan fingerprint density at radius 3 is 2.73 bits per heavy atom. The standard InChI is InChI=1S/C17H23NO4/c1-21-15-9-5-8-14(10-15)17(20)22-12-16(19)18-11-13-6-3-2-4-7-13/h5,8-10,13H,2-4,6-7,11-12H2,1H3,(H,18,19). The highest BCUT2D eigenvalue weighted by Crippen LogP contribution is 2.22. The lowest BCUT2D eigenvalue weighted by molar-refractivity contribution is -0.124. The maximum Gasteiger partial charge on any atom is 0.338 e. The zero-order chi connectivity index (χ0) is 15.8. The molecule has 0 atom stereocenters. The van der Waals surface area contributed by atoms with Crippen molar-refractivity contribution in [3.8, 4) is 5.75 Å². The Balaban J connectivity index is 1.71. The van der Waals surface area contributed by atoms with Gasteiger partial charge in [0.25, 0.3) is 5.91 Å². The molecule has 0 bridgehead atoms. The molecule has 1 aromatic carbocycles. The number of hydrogen-bond acceptors (Lipinski definition) is 4. The van der Waals surface area contributed by atoms with Crippen molar-refractivity contribution in [2.75, 3.05) is 20.3 Å². The third kappa shape index (κ3) is 5.06. The van der Waals surface area contributed by atoms with Gasteiger partial charge in [-0.05, 0) is 37.0 Å². The van der Waals surface area contributed by atoms with Crippen LogP contribution in [0.4, 0.5) is 0 Å². The van der Waals surface area contributed by atoms with Gasteiger partial charge in [0.2, 0.25) is 0 Å². The van der Waals surface area contributed by atoms with E-state index in [-0.39, 0.29) is 12.5 Å². The van der Waals surface area contributed by atoms with Crippen molar-refractivity contribution in [3.63, 3.8) is 0 Å². The minimum atomic E-state index is -0.522. The Bertz CT molecular complexity index is 509. The Morgan fingerprint density at radius 1 is 1.23 bits per heavy atom. The van der Waals surface area contributed by atoms with Gasteiger partial charge in [-0.15, -0.1) is 0 Å². The van der Waals surface area contributed by atoms with Crippen LogP contribution in [-0.2, 0) is 9.53 Å². The molecule has 0 radical (unpaired) electrons. The van der Waals surface area contributed by atoms with E-state index in [4.69, 9.17) is 9.47 Å². The molecule has 1 aliphatic carbocycles. The van der Waals surface area contributed by atoms with E-state index in [9.17, 15) is 9.59 Å². The summed E-state index contributed by atoms with van der Waals surface area (Å²) in [5.74, 6) is 0.372. The summed E-state index contributed by atoms with van der Waals surface area (Å²) in [6.07, 6.45) is 6.12. The highest BCUT2D eigenvalue weighted by Gasteiger charge is 2.15. The normalized spacial score (nSPS) is 15.1. The molecule has 1 fully saturated rings. The first-order chi connectivity index (χ1) is 10.7. The highest BCUT2D eigenvalue weighted by molar-refractivity contribution is 5.91. The second-order valence-corrected chi connectivity index (χ2v) is 5.62. The second-order valence-electron chi connectivity index (χ2n) is 5.62. The quantitative estimate of drug-likeness (QED) is 0.820. The average molecular weight is 305 g/mol. The van der Waals surface area contributed by atoms with Crippen molar-refractivity contribution in [2.45, 2.75) is 32.1 Å². The van der Waals surface area contributed by atoms with E-state index in [1.165, 1.54) is 39.2 Å². The number of methoxy groups -OCH3 is 1. The van der Waals surface area contributed by atoms with Gasteiger partial charge in [0.1, 0.15) is 5.75 Å². The molecule has 1 amide bonds. The lowest BCUT2D eigenvalue weighted by Crippen LogP contribution is -2.33. The smallest absolute Gasteiger partial charge is 0.338 e. The minimum absolute atomic E-state index is 0.247. The van der Waals surface area contributed by atoms with Gasteiger partial charge in [0.05, 0.1) is 12.7 Å². The van der Waals surface area contributed by atoms with Gasteiger partial charge in [-0.25, -0.2) is 4.79 Å². The second kappa shape index (κ2) is 8.41. The van der Waals surface area contributed by atoms with Gasteiger partial charge in [-0.3, -0.25) is 4.79 Å². The molecule has 5 nitrogen and oxygen atoms in total. The van der Waals surface area contributed by atoms with Crippen molar-refractivity contribution < 1.29 is 19.1 Å². The van der Waals surface area contributed by atoms with Crippen molar-refractivity contribution in [2.24, 2.45) is 5.92 Å². The predicted octanol–water partition coefficient (Wildman–Crippen LogP) is 2.55. The predicted molar refractivity (Wildman–Crippen MR) is 82.9 cm³/mol. The summed E-state index contributed by atoms with van der Waals surface area (Å²) in [5, 5.41) is 2.84. The van der Waals surface area contributed by atoms with Crippen LogP contribution in [0.5, 0.6) is 5.75 Å². The molecule has 0 aromatic heterocycles. The molecule has 0 saturated heterocycles. The molecule has 1 saturated carbocycles. The van der Waals surface area contributed by atoms with Crippen LogP contribution in [0.15, 0.2) is 24.3 Å². The van der Waals surface area contributed by atoms with E-state index in [1.807, 2.05) is 0 Å². The van der Waals surface area contributed by atoms with E-state index in [0.29, 0.717) is 23.8 Å².